The standard InChI is InChI=1S/C21H14ClF2N3O4/c1-9-13(22)4-3-12-11(8-25-17(9)12)7-16-19(28)27(21(31)26-16)18(20(29)30)10-2-5-14(23)15(24)6-10/h2-8,18,25H,1H3,(H,26,31)(H,29,30)/b16-7-. The van der Waals surface area contributed by atoms with Crippen molar-refractivity contribution in [2.45, 2.75) is 13.0 Å². The number of carboxylic acid groups (broad SMARTS) is 1. The minimum atomic E-state index is -1.84. The Morgan fingerprint density at radius 3 is 2.61 bits per heavy atom. The van der Waals surface area contributed by atoms with E-state index in [2.05, 4.69) is 10.3 Å². The summed E-state index contributed by atoms with van der Waals surface area (Å²) in [5.41, 5.74) is 1.70. The number of aromatic amines is 1. The van der Waals surface area contributed by atoms with Gasteiger partial charge in [-0.3, -0.25) is 4.79 Å². The predicted octanol–water partition coefficient (Wildman–Crippen LogP) is 4.13. The van der Waals surface area contributed by atoms with Crippen LogP contribution in [0.15, 0.2) is 42.2 Å². The molecule has 3 N–H and O–H groups in total. The highest BCUT2D eigenvalue weighted by Gasteiger charge is 2.43. The van der Waals surface area contributed by atoms with Gasteiger partial charge in [0, 0.05) is 22.2 Å². The van der Waals surface area contributed by atoms with Gasteiger partial charge in [-0.15, -0.1) is 0 Å². The van der Waals surface area contributed by atoms with Crippen LogP contribution in [-0.2, 0) is 9.59 Å². The quantitative estimate of drug-likeness (QED) is 0.415. The molecule has 1 aromatic heterocycles. The van der Waals surface area contributed by atoms with Gasteiger partial charge in [-0.05, 0) is 42.3 Å². The van der Waals surface area contributed by atoms with Crippen LogP contribution in [0.4, 0.5) is 13.6 Å². The number of carboxylic acids is 1. The molecule has 0 bridgehead atoms. The highest BCUT2D eigenvalue weighted by atomic mass is 35.5. The Morgan fingerprint density at radius 2 is 1.94 bits per heavy atom. The molecule has 158 valence electrons. The van der Waals surface area contributed by atoms with Crippen LogP contribution < -0.4 is 5.32 Å². The number of imide groups is 1. The van der Waals surface area contributed by atoms with Crippen molar-refractivity contribution in [3.8, 4) is 0 Å². The van der Waals surface area contributed by atoms with Gasteiger partial charge < -0.3 is 15.4 Å². The van der Waals surface area contributed by atoms with Crippen molar-refractivity contribution in [2.24, 2.45) is 0 Å². The molecular weight excluding hydrogens is 432 g/mol. The first-order chi connectivity index (χ1) is 14.7. The van der Waals surface area contributed by atoms with Gasteiger partial charge in [-0.1, -0.05) is 23.7 Å². The topological polar surface area (TPSA) is 102 Å². The Morgan fingerprint density at radius 1 is 1.19 bits per heavy atom. The van der Waals surface area contributed by atoms with Gasteiger partial charge in [0.05, 0.1) is 5.52 Å². The maximum Gasteiger partial charge on any atom is 0.331 e. The van der Waals surface area contributed by atoms with Gasteiger partial charge in [0.25, 0.3) is 5.91 Å². The second-order valence-corrected chi connectivity index (χ2v) is 7.32. The molecule has 1 unspecified atom stereocenters. The molecule has 3 amide bonds. The smallest absolute Gasteiger partial charge is 0.331 e. The number of nitrogens with zero attached hydrogens (tertiary/aromatic N) is 1. The molecule has 1 aliphatic heterocycles. The number of carbonyl (C=O) groups is 3. The molecule has 10 heteroatoms. The van der Waals surface area contributed by atoms with Crippen molar-refractivity contribution >= 4 is 46.5 Å². The van der Waals surface area contributed by atoms with Gasteiger partial charge in [0.2, 0.25) is 0 Å². The molecule has 2 heterocycles. The molecule has 0 saturated carbocycles. The van der Waals surface area contributed by atoms with E-state index < -0.39 is 35.6 Å². The summed E-state index contributed by atoms with van der Waals surface area (Å²) in [6.45, 7) is 1.82. The molecule has 1 aliphatic rings. The lowest BCUT2D eigenvalue weighted by Crippen LogP contribution is -2.39. The molecule has 31 heavy (non-hydrogen) atoms. The van der Waals surface area contributed by atoms with E-state index in [4.69, 9.17) is 11.6 Å². The van der Waals surface area contributed by atoms with Crippen molar-refractivity contribution in [3.05, 3.63) is 75.6 Å². The number of aliphatic carboxylic acids is 1. The zero-order valence-electron chi connectivity index (χ0n) is 15.9. The molecule has 0 radical (unpaired) electrons. The Labute approximate surface area is 178 Å². The fraction of sp³-hybridized carbons (Fsp3) is 0.0952. The van der Waals surface area contributed by atoms with E-state index in [9.17, 15) is 28.3 Å². The third-order valence-electron chi connectivity index (χ3n) is 5.04. The molecule has 4 rings (SSSR count). The van der Waals surface area contributed by atoms with Crippen LogP contribution in [0, 0.1) is 18.6 Å². The maximum absolute atomic E-state index is 13.6. The van der Waals surface area contributed by atoms with Crippen LogP contribution in [0.1, 0.15) is 22.7 Å². The first-order valence-electron chi connectivity index (χ1n) is 8.99. The summed E-state index contributed by atoms with van der Waals surface area (Å²) in [4.78, 5) is 40.7. The van der Waals surface area contributed by atoms with Crippen molar-refractivity contribution < 1.29 is 28.3 Å². The number of aryl methyl sites for hydroxylation is 1. The molecule has 1 atom stereocenters. The Hall–Kier alpha value is -3.72. The van der Waals surface area contributed by atoms with E-state index in [1.165, 1.54) is 6.08 Å². The summed E-state index contributed by atoms with van der Waals surface area (Å²) in [5, 5.41) is 13.2. The van der Waals surface area contributed by atoms with E-state index in [1.54, 1.807) is 18.3 Å². The largest absolute Gasteiger partial charge is 0.479 e. The minimum Gasteiger partial charge on any atom is -0.479 e. The molecule has 3 aromatic rings. The Balaban J connectivity index is 1.74. The lowest BCUT2D eigenvalue weighted by molar-refractivity contribution is -0.146. The zero-order chi connectivity index (χ0) is 22.4. The second kappa shape index (κ2) is 7.51. The van der Waals surface area contributed by atoms with Gasteiger partial charge in [-0.25, -0.2) is 23.3 Å². The Kier molecular flexibility index (Phi) is 4.98. The normalized spacial score (nSPS) is 16.3. The van der Waals surface area contributed by atoms with Crippen molar-refractivity contribution in [1.29, 1.82) is 0 Å². The monoisotopic (exact) mass is 445 g/mol. The summed E-state index contributed by atoms with van der Waals surface area (Å²) in [5.74, 6) is -4.96. The molecule has 0 spiro atoms. The predicted molar refractivity (Wildman–Crippen MR) is 108 cm³/mol. The fourth-order valence-corrected chi connectivity index (χ4v) is 3.64. The third kappa shape index (κ3) is 3.42. The molecule has 2 aromatic carbocycles. The van der Waals surface area contributed by atoms with Crippen LogP contribution in [0.5, 0.6) is 0 Å². The summed E-state index contributed by atoms with van der Waals surface area (Å²) in [6.07, 6.45) is 3.02. The van der Waals surface area contributed by atoms with Crippen molar-refractivity contribution in [3.63, 3.8) is 0 Å². The summed E-state index contributed by atoms with van der Waals surface area (Å²) in [6, 6.07) is 2.99. The van der Waals surface area contributed by atoms with E-state index in [0.29, 0.717) is 21.6 Å². The molecular formula is C21H14ClF2N3O4. The first kappa shape index (κ1) is 20.5. The fourth-order valence-electron chi connectivity index (χ4n) is 3.48. The van der Waals surface area contributed by atoms with Gasteiger partial charge in [0.15, 0.2) is 17.7 Å². The zero-order valence-corrected chi connectivity index (χ0v) is 16.6. The van der Waals surface area contributed by atoms with E-state index in [-0.39, 0.29) is 11.3 Å². The molecule has 1 saturated heterocycles. The van der Waals surface area contributed by atoms with Crippen molar-refractivity contribution in [1.82, 2.24) is 15.2 Å². The average molecular weight is 446 g/mol. The van der Waals surface area contributed by atoms with E-state index in [1.807, 2.05) is 6.92 Å². The summed E-state index contributed by atoms with van der Waals surface area (Å²) < 4.78 is 26.9. The second-order valence-electron chi connectivity index (χ2n) is 6.92. The van der Waals surface area contributed by atoms with Crippen LogP contribution in [-0.4, -0.2) is 32.9 Å². The van der Waals surface area contributed by atoms with Crippen LogP contribution in [0.3, 0.4) is 0 Å². The highest BCUT2D eigenvalue weighted by Crippen LogP contribution is 2.31. The number of benzene rings is 2. The van der Waals surface area contributed by atoms with E-state index in [0.717, 1.165) is 28.6 Å². The number of urea groups is 1. The number of fused-ring (bicyclic) bond motifs is 1. The summed E-state index contributed by atoms with van der Waals surface area (Å²) >= 11 is 6.11. The van der Waals surface area contributed by atoms with Crippen LogP contribution in [0.2, 0.25) is 5.02 Å². The molecule has 7 nitrogen and oxygen atoms in total. The lowest BCUT2D eigenvalue weighted by Gasteiger charge is -2.21. The summed E-state index contributed by atoms with van der Waals surface area (Å²) in [7, 11) is 0. The highest BCUT2D eigenvalue weighted by molar-refractivity contribution is 6.32. The number of carbonyl (C=O) groups excluding carboxylic acids is 2. The Bertz CT molecular complexity index is 1300. The average Bonchev–Trinajstić information content (AvgIpc) is 3.24. The number of halogens is 3. The van der Waals surface area contributed by atoms with Gasteiger partial charge in [0.1, 0.15) is 5.70 Å². The number of aromatic nitrogens is 1. The molecule has 1 fully saturated rings. The number of amides is 3. The lowest BCUT2D eigenvalue weighted by atomic mass is 10.0. The van der Waals surface area contributed by atoms with Gasteiger partial charge in [-0.2, -0.15) is 0 Å². The number of nitrogens with one attached hydrogen (secondary N) is 2. The van der Waals surface area contributed by atoms with Crippen molar-refractivity contribution in [2.75, 3.05) is 0 Å². The number of hydrogen-bond acceptors (Lipinski definition) is 3. The SMILES string of the molecule is Cc1c(Cl)ccc2c(/C=C3\NC(=O)N(C(C(=O)O)c4ccc(F)c(F)c4)C3=O)c[nH]c12. The number of rotatable bonds is 4. The van der Waals surface area contributed by atoms with Crippen LogP contribution in [0.25, 0.3) is 17.0 Å². The molecule has 0 aliphatic carbocycles. The third-order valence-corrected chi connectivity index (χ3v) is 5.45. The minimum absolute atomic E-state index is 0.160. The maximum atomic E-state index is 13.6. The first-order valence-corrected chi connectivity index (χ1v) is 9.37. The van der Waals surface area contributed by atoms with Gasteiger partial charge >= 0.3 is 12.0 Å². The van der Waals surface area contributed by atoms with E-state index >= 15 is 0 Å². The number of hydrogen-bond donors (Lipinski definition) is 3. The van der Waals surface area contributed by atoms with Crippen LogP contribution >= 0.6 is 11.6 Å². The number of H-pyrrole nitrogens is 1.